The second-order valence-corrected chi connectivity index (χ2v) is 8.32. The van der Waals surface area contributed by atoms with Crippen LogP contribution in [0.3, 0.4) is 0 Å². The maximum absolute atomic E-state index is 12.9. The van der Waals surface area contributed by atoms with E-state index in [0.29, 0.717) is 12.2 Å². The van der Waals surface area contributed by atoms with Crippen molar-refractivity contribution in [2.45, 2.75) is 63.7 Å². The number of aliphatic hydroxyl groups excluding tert-OH is 1. The molecule has 0 aliphatic rings. The van der Waals surface area contributed by atoms with Gasteiger partial charge in [0.15, 0.2) is 0 Å². The van der Waals surface area contributed by atoms with E-state index < -0.39 is 66.9 Å². The number of nitrogens with two attached hydrogens (primary N) is 1. The van der Waals surface area contributed by atoms with Gasteiger partial charge in [-0.05, 0) is 30.8 Å². The topological polar surface area (TPSA) is 208 Å². The van der Waals surface area contributed by atoms with Gasteiger partial charge in [-0.25, -0.2) is 4.79 Å². The average Bonchev–Trinajstić information content (AvgIpc) is 2.75. The molecule has 0 aromatic rings. The van der Waals surface area contributed by atoms with Gasteiger partial charge in [0.05, 0.1) is 6.61 Å². The minimum atomic E-state index is -1.33. The molecule has 0 radical (unpaired) electrons. The molecule has 0 saturated heterocycles. The number of carbonyl (C=O) groups excluding carboxylic acids is 3. The number of nitrogens with one attached hydrogen (secondary N) is 3. The lowest BCUT2D eigenvalue weighted by Crippen LogP contribution is -2.59. The molecule has 0 heterocycles. The number of amides is 3. The Hall–Kier alpha value is -2.38. The number of carboxylic acid groups (broad SMARTS) is 2. The van der Waals surface area contributed by atoms with Gasteiger partial charge in [0.2, 0.25) is 17.7 Å². The Morgan fingerprint density at radius 3 is 2.00 bits per heavy atom. The van der Waals surface area contributed by atoms with Gasteiger partial charge in [-0.1, -0.05) is 20.3 Å². The van der Waals surface area contributed by atoms with Gasteiger partial charge >= 0.3 is 11.9 Å². The van der Waals surface area contributed by atoms with Gasteiger partial charge < -0.3 is 37.0 Å². The number of carbonyl (C=O) groups is 5. The van der Waals surface area contributed by atoms with Crippen molar-refractivity contribution in [3.8, 4) is 0 Å². The Morgan fingerprint density at radius 2 is 1.53 bits per heavy atom. The Kier molecular flexibility index (Phi) is 14.3. The van der Waals surface area contributed by atoms with Crippen molar-refractivity contribution < 1.29 is 39.3 Å². The molecule has 0 aromatic heterocycles. The molecule has 0 aliphatic carbocycles. The first-order chi connectivity index (χ1) is 15.0. The number of rotatable bonds is 16. The van der Waals surface area contributed by atoms with Gasteiger partial charge in [0.1, 0.15) is 24.2 Å². The molecule has 0 saturated carbocycles. The fraction of sp³-hybridized carbons (Fsp3) is 0.737. The van der Waals surface area contributed by atoms with Crippen LogP contribution >= 0.6 is 11.8 Å². The molecule has 0 aromatic carbocycles. The maximum Gasteiger partial charge on any atom is 0.326 e. The third kappa shape index (κ3) is 10.8. The van der Waals surface area contributed by atoms with Crippen LogP contribution in [0, 0.1) is 5.92 Å². The predicted octanol–water partition coefficient (Wildman–Crippen LogP) is -1.49. The summed E-state index contributed by atoms with van der Waals surface area (Å²) in [6.07, 6.45) is 1.68. The molecule has 184 valence electrons. The van der Waals surface area contributed by atoms with Crippen LogP contribution in [0.4, 0.5) is 0 Å². The summed E-state index contributed by atoms with van der Waals surface area (Å²) in [5.41, 5.74) is 5.48. The van der Waals surface area contributed by atoms with Crippen molar-refractivity contribution in [1.29, 1.82) is 0 Å². The van der Waals surface area contributed by atoms with Gasteiger partial charge in [-0.2, -0.15) is 11.8 Å². The van der Waals surface area contributed by atoms with Crippen LogP contribution in [0.25, 0.3) is 0 Å². The molecule has 32 heavy (non-hydrogen) atoms. The lowest BCUT2D eigenvalue weighted by molar-refractivity contribution is -0.143. The van der Waals surface area contributed by atoms with Gasteiger partial charge in [0.25, 0.3) is 0 Å². The number of aliphatic hydroxyl groups is 1. The number of hydrogen-bond acceptors (Lipinski definition) is 8. The molecular weight excluding hydrogens is 444 g/mol. The number of thioether (sulfide) groups is 1. The van der Waals surface area contributed by atoms with E-state index in [1.807, 2.05) is 0 Å². The van der Waals surface area contributed by atoms with E-state index >= 15 is 0 Å². The molecule has 0 bridgehead atoms. The SMILES string of the molecule is CCC(C)C(NC(=O)C(N)CO)C(=O)NC(CCC(=O)O)C(=O)NC(CCSC)C(=O)O. The highest BCUT2D eigenvalue weighted by molar-refractivity contribution is 7.98. The molecule has 12 nitrogen and oxygen atoms in total. The van der Waals surface area contributed by atoms with E-state index in [9.17, 15) is 29.1 Å². The zero-order chi connectivity index (χ0) is 24.8. The number of aliphatic carboxylic acids is 2. The Balaban J connectivity index is 5.54. The smallest absolute Gasteiger partial charge is 0.326 e. The normalized spacial score (nSPS) is 15.5. The van der Waals surface area contributed by atoms with E-state index in [-0.39, 0.29) is 18.8 Å². The van der Waals surface area contributed by atoms with E-state index in [2.05, 4.69) is 16.0 Å². The zero-order valence-electron chi connectivity index (χ0n) is 18.5. The van der Waals surface area contributed by atoms with Gasteiger partial charge in [-0.15, -0.1) is 0 Å². The predicted molar refractivity (Wildman–Crippen MR) is 118 cm³/mol. The molecular formula is C19H34N4O8S. The van der Waals surface area contributed by atoms with E-state index in [1.165, 1.54) is 11.8 Å². The Labute approximate surface area is 191 Å². The van der Waals surface area contributed by atoms with E-state index in [4.69, 9.17) is 15.9 Å². The van der Waals surface area contributed by atoms with Crippen LogP contribution in [0.15, 0.2) is 0 Å². The third-order valence-electron chi connectivity index (χ3n) is 4.83. The van der Waals surface area contributed by atoms with Crippen LogP contribution in [-0.2, 0) is 24.0 Å². The van der Waals surface area contributed by atoms with Crippen molar-refractivity contribution in [2.24, 2.45) is 11.7 Å². The van der Waals surface area contributed by atoms with E-state index in [1.54, 1.807) is 20.1 Å². The first-order valence-corrected chi connectivity index (χ1v) is 11.6. The molecule has 0 spiro atoms. The summed E-state index contributed by atoms with van der Waals surface area (Å²) in [6.45, 7) is 2.84. The van der Waals surface area contributed by atoms with Crippen molar-refractivity contribution >= 4 is 41.4 Å². The summed E-state index contributed by atoms with van der Waals surface area (Å²) in [4.78, 5) is 60.0. The molecule has 0 aliphatic heterocycles. The minimum Gasteiger partial charge on any atom is -0.481 e. The fourth-order valence-corrected chi connectivity index (χ4v) is 3.08. The summed E-state index contributed by atoms with van der Waals surface area (Å²) in [7, 11) is 0. The van der Waals surface area contributed by atoms with Crippen LogP contribution in [-0.4, -0.2) is 87.8 Å². The Bertz CT molecular complexity index is 663. The lowest BCUT2D eigenvalue weighted by atomic mass is 9.97. The fourth-order valence-electron chi connectivity index (χ4n) is 2.61. The molecule has 0 rings (SSSR count). The van der Waals surface area contributed by atoms with Crippen LogP contribution in [0.1, 0.15) is 39.5 Å². The first-order valence-electron chi connectivity index (χ1n) is 10.2. The van der Waals surface area contributed by atoms with Crippen molar-refractivity contribution in [3.63, 3.8) is 0 Å². The minimum absolute atomic E-state index is 0.145. The monoisotopic (exact) mass is 478 g/mol. The first kappa shape index (κ1) is 29.6. The highest BCUT2D eigenvalue weighted by atomic mass is 32.2. The largest absolute Gasteiger partial charge is 0.481 e. The second-order valence-electron chi connectivity index (χ2n) is 7.34. The van der Waals surface area contributed by atoms with Crippen LogP contribution in [0.2, 0.25) is 0 Å². The highest BCUT2D eigenvalue weighted by Gasteiger charge is 2.32. The average molecular weight is 479 g/mol. The van der Waals surface area contributed by atoms with Crippen molar-refractivity contribution in [1.82, 2.24) is 16.0 Å². The molecule has 5 atom stereocenters. The molecule has 3 amide bonds. The van der Waals surface area contributed by atoms with Gasteiger partial charge in [-0.3, -0.25) is 19.2 Å². The highest BCUT2D eigenvalue weighted by Crippen LogP contribution is 2.10. The summed E-state index contributed by atoms with van der Waals surface area (Å²) in [5.74, 6) is -4.71. The quantitative estimate of drug-likeness (QED) is 0.137. The van der Waals surface area contributed by atoms with Crippen LogP contribution in [0.5, 0.6) is 0 Å². The lowest BCUT2D eigenvalue weighted by Gasteiger charge is -2.27. The summed E-state index contributed by atoms with van der Waals surface area (Å²) in [6, 6.07) is -4.87. The molecule has 0 fully saturated rings. The van der Waals surface area contributed by atoms with E-state index in [0.717, 1.165) is 0 Å². The summed E-state index contributed by atoms with van der Waals surface area (Å²) >= 11 is 1.40. The second kappa shape index (κ2) is 15.4. The standard InChI is InChI=1S/C19H34N4O8S/c1-4-10(2)15(23-16(27)11(20)9-24)18(29)21-12(5-6-14(25)26)17(28)22-13(19(30)31)7-8-32-3/h10-13,15,24H,4-9,20H2,1-3H3,(H,21,29)(H,22,28)(H,23,27)(H,25,26)(H,30,31). The van der Waals surface area contributed by atoms with Crippen LogP contribution < -0.4 is 21.7 Å². The summed E-state index contributed by atoms with van der Waals surface area (Å²) in [5, 5.41) is 34.5. The number of hydrogen-bond donors (Lipinski definition) is 7. The van der Waals surface area contributed by atoms with Crippen molar-refractivity contribution in [2.75, 3.05) is 18.6 Å². The molecule has 5 unspecified atom stereocenters. The maximum atomic E-state index is 12.9. The molecule has 8 N–H and O–H groups in total. The van der Waals surface area contributed by atoms with Gasteiger partial charge in [0, 0.05) is 6.42 Å². The summed E-state index contributed by atoms with van der Waals surface area (Å²) < 4.78 is 0. The Morgan fingerprint density at radius 1 is 0.938 bits per heavy atom. The van der Waals surface area contributed by atoms with Crippen molar-refractivity contribution in [3.05, 3.63) is 0 Å². The number of carboxylic acids is 2. The molecule has 13 heteroatoms. The zero-order valence-corrected chi connectivity index (χ0v) is 19.3. The third-order valence-corrected chi connectivity index (χ3v) is 5.48.